The summed E-state index contributed by atoms with van der Waals surface area (Å²) in [6.45, 7) is 6.30. The summed E-state index contributed by atoms with van der Waals surface area (Å²) in [5.41, 5.74) is 0.896. The molecule has 0 saturated carbocycles. The van der Waals surface area contributed by atoms with Gasteiger partial charge in [-0.3, -0.25) is 4.79 Å². The number of carbonyl (C=O) groups is 1. The fraction of sp³-hybridized carbons (Fsp3) is 0.375. The third kappa shape index (κ3) is 3.34. The van der Waals surface area contributed by atoms with Crippen LogP contribution in [0.4, 0.5) is 0 Å². The van der Waals surface area contributed by atoms with Gasteiger partial charge in [0.1, 0.15) is 11.8 Å². The lowest BCUT2D eigenvalue weighted by Crippen LogP contribution is -2.36. The van der Waals surface area contributed by atoms with Crippen LogP contribution in [0.15, 0.2) is 29.8 Å². The minimum Gasteiger partial charge on any atom is -0.345 e. The number of amides is 1. The number of nitrogens with one attached hydrogen (secondary N) is 1. The van der Waals surface area contributed by atoms with Crippen molar-refractivity contribution in [2.24, 2.45) is 12.5 Å². The molecule has 2 rings (SSSR count). The predicted octanol–water partition coefficient (Wildman–Crippen LogP) is 3.48. The van der Waals surface area contributed by atoms with E-state index in [0.29, 0.717) is 11.3 Å². The summed E-state index contributed by atoms with van der Waals surface area (Å²) in [5.74, 6) is -0.160. The fourth-order valence-electron chi connectivity index (χ4n) is 2.23. The zero-order valence-electron chi connectivity index (χ0n) is 12.7. The molecule has 4 nitrogen and oxygen atoms in total. The van der Waals surface area contributed by atoms with Crippen LogP contribution in [-0.4, -0.2) is 10.5 Å². The Morgan fingerprint density at radius 1 is 1.48 bits per heavy atom. The quantitative estimate of drug-likeness (QED) is 0.943. The van der Waals surface area contributed by atoms with Gasteiger partial charge in [-0.15, -0.1) is 11.3 Å². The first kappa shape index (κ1) is 15.3. The molecule has 0 radical (unpaired) electrons. The highest BCUT2D eigenvalue weighted by Crippen LogP contribution is 2.35. The molecule has 0 unspecified atom stereocenters. The van der Waals surface area contributed by atoms with Gasteiger partial charge >= 0.3 is 0 Å². The van der Waals surface area contributed by atoms with Gasteiger partial charge in [-0.2, -0.15) is 5.26 Å². The highest BCUT2D eigenvalue weighted by Gasteiger charge is 2.29. The maximum absolute atomic E-state index is 12.5. The molecule has 0 aliphatic rings. The van der Waals surface area contributed by atoms with E-state index in [9.17, 15) is 4.79 Å². The summed E-state index contributed by atoms with van der Waals surface area (Å²) < 4.78 is 1.68. The van der Waals surface area contributed by atoms with Crippen LogP contribution < -0.4 is 5.32 Å². The summed E-state index contributed by atoms with van der Waals surface area (Å²) in [4.78, 5) is 13.6. The smallest absolute Gasteiger partial charge is 0.268 e. The summed E-state index contributed by atoms with van der Waals surface area (Å²) in [6, 6.07) is 7.63. The Bertz CT molecular complexity index is 671. The van der Waals surface area contributed by atoms with Crippen molar-refractivity contribution in [3.63, 3.8) is 0 Å². The molecule has 1 atom stereocenters. The molecule has 0 spiro atoms. The topological polar surface area (TPSA) is 57.8 Å². The monoisotopic (exact) mass is 301 g/mol. The average Bonchev–Trinajstić information content (AvgIpc) is 3.03. The summed E-state index contributed by atoms with van der Waals surface area (Å²) >= 11 is 1.64. The van der Waals surface area contributed by atoms with Crippen molar-refractivity contribution in [2.75, 3.05) is 0 Å². The van der Waals surface area contributed by atoms with Crippen molar-refractivity contribution in [2.45, 2.75) is 26.8 Å². The Morgan fingerprint density at radius 2 is 2.19 bits per heavy atom. The van der Waals surface area contributed by atoms with Gasteiger partial charge in [-0.05, 0) is 22.9 Å². The summed E-state index contributed by atoms with van der Waals surface area (Å²) in [7, 11) is 1.77. The highest BCUT2D eigenvalue weighted by atomic mass is 32.1. The molecular formula is C16H19N3OS. The first-order valence-corrected chi connectivity index (χ1v) is 7.61. The minimum absolute atomic E-state index is 0.0644. The maximum atomic E-state index is 12.5. The molecule has 0 aliphatic carbocycles. The first-order chi connectivity index (χ1) is 9.82. The van der Waals surface area contributed by atoms with Crippen LogP contribution in [0.2, 0.25) is 0 Å². The first-order valence-electron chi connectivity index (χ1n) is 6.73. The van der Waals surface area contributed by atoms with Crippen LogP contribution in [0.25, 0.3) is 0 Å². The molecule has 0 saturated heterocycles. The molecule has 0 aromatic carbocycles. The number of nitriles is 1. The van der Waals surface area contributed by atoms with Crippen LogP contribution >= 0.6 is 11.3 Å². The van der Waals surface area contributed by atoms with Gasteiger partial charge in [0.25, 0.3) is 5.91 Å². The standard InChI is InChI=1S/C16H19N3OS/c1-16(2,3)14(13-6-5-7-21-13)18-15(20)12-8-11(9-17)10-19(12)4/h5-8,10,14H,1-4H3,(H,18,20)/t14-/m0/s1. The average molecular weight is 301 g/mol. The van der Waals surface area contributed by atoms with Crippen LogP contribution in [0, 0.1) is 16.7 Å². The zero-order chi connectivity index (χ0) is 15.6. The maximum Gasteiger partial charge on any atom is 0.268 e. The molecule has 5 heteroatoms. The van der Waals surface area contributed by atoms with Crippen LogP contribution in [0.3, 0.4) is 0 Å². The van der Waals surface area contributed by atoms with Crippen molar-refractivity contribution in [1.29, 1.82) is 5.26 Å². The van der Waals surface area contributed by atoms with Gasteiger partial charge < -0.3 is 9.88 Å². The number of aryl methyl sites for hydroxylation is 1. The van der Waals surface area contributed by atoms with Crippen LogP contribution in [-0.2, 0) is 7.05 Å². The molecule has 1 amide bonds. The number of carbonyl (C=O) groups excluding carboxylic acids is 1. The lowest BCUT2D eigenvalue weighted by Gasteiger charge is -2.30. The van der Waals surface area contributed by atoms with Crippen molar-refractivity contribution in [1.82, 2.24) is 9.88 Å². The third-order valence-corrected chi connectivity index (χ3v) is 4.27. The van der Waals surface area contributed by atoms with Crippen molar-refractivity contribution in [3.05, 3.63) is 45.9 Å². The molecule has 0 fully saturated rings. The molecule has 110 valence electrons. The zero-order valence-corrected chi connectivity index (χ0v) is 13.5. The molecular weight excluding hydrogens is 282 g/mol. The fourth-order valence-corrected chi connectivity index (χ4v) is 3.25. The number of aromatic nitrogens is 1. The lowest BCUT2D eigenvalue weighted by atomic mass is 9.85. The van der Waals surface area contributed by atoms with Gasteiger partial charge in [-0.1, -0.05) is 26.8 Å². The van der Waals surface area contributed by atoms with E-state index in [2.05, 4.69) is 32.2 Å². The van der Waals surface area contributed by atoms with Gasteiger partial charge in [0.15, 0.2) is 0 Å². The van der Waals surface area contributed by atoms with Crippen LogP contribution in [0.5, 0.6) is 0 Å². The van der Waals surface area contributed by atoms with Gasteiger partial charge in [-0.25, -0.2) is 0 Å². The molecule has 2 heterocycles. The second-order valence-electron chi connectivity index (χ2n) is 6.12. The Labute approximate surface area is 129 Å². The van der Waals surface area contributed by atoms with E-state index < -0.39 is 0 Å². The highest BCUT2D eigenvalue weighted by molar-refractivity contribution is 7.10. The summed E-state index contributed by atoms with van der Waals surface area (Å²) in [6.07, 6.45) is 1.66. The van der Waals surface area contributed by atoms with Gasteiger partial charge in [0.05, 0.1) is 11.6 Å². The van der Waals surface area contributed by atoms with E-state index in [1.807, 2.05) is 17.5 Å². The minimum atomic E-state index is -0.160. The second-order valence-corrected chi connectivity index (χ2v) is 7.10. The number of thiophene rings is 1. The van der Waals surface area contributed by atoms with Crippen molar-refractivity contribution >= 4 is 17.2 Å². The third-order valence-electron chi connectivity index (χ3n) is 3.34. The normalized spacial score (nSPS) is 12.7. The molecule has 0 bridgehead atoms. The van der Waals surface area contributed by atoms with E-state index >= 15 is 0 Å². The molecule has 21 heavy (non-hydrogen) atoms. The molecule has 1 N–H and O–H groups in total. The summed E-state index contributed by atoms with van der Waals surface area (Å²) in [5, 5.41) is 14.0. The van der Waals surface area contributed by atoms with E-state index in [4.69, 9.17) is 5.26 Å². The van der Waals surface area contributed by atoms with E-state index in [1.54, 1.807) is 35.2 Å². The number of nitrogens with zero attached hydrogens (tertiary/aromatic N) is 2. The van der Waals surface area contributed by atoms with Gasteiger partial charge in [0, 0.05) is 18.1 Å². The lowest BCUT2D eigenvalue weighted by molar-refractivity contribution is 0.0895. The Morgan fingerprint density at radius 3 is 2.67 bits per heavy atom. The van der Waals surface area contributed by atoms with E-state index in [1.165, 1.54) is 0 Å². The Kier molecular flexibility index (Phi) is 4.19. The van der Waals surface area contributed by atoms with E-state index in [-0.39, 0.29) is 17.4 Å². The van der Waals surface area contributed by atoms with Crippen molar-refractivity contribution < 1.29 is 4.79 Å². The van der Waals surface area contributed by atoms with Crippen molar-refractivity contribution in [3.8, 4) is 6.07 Å². The van der Waals surface area contributed by atoms with E-state index in [0.717, 1.165) is 4.88 Å². The van der Waals surface area contributed by atoms with Gasteiger partial charge in [0.2, 0.25) is 0 Å². The molecule has 2 aromatic heterocycles. The second kappa shape index (κ2) is 5.74. The number of rotatable bonds is 3. The number of hydrogen-bond acceptors (Lipinski definition) is 3. The largest absolute Gasteiger partial charge is 0.345 e. The predicted molar refractivity (Wildman–Crippen MR) is 84.1 cm³/mol. The van der Waals surface area contributed by atoms with Crippen LogP contribution in [0.1, 0.15) is 47.7 Å². The molecule has 2 aromatic rings. The Hall–Kier alpha value is -2.06. The SMILES string of the molecule is Cn1cc(C#N)cc1C(=O)N[C@@H](c1cccs1)C(C)(C)C. The Balaban J connectivity index is 2.27. The molecule has 0 aliphatic heterocycles. The number of hydrogen-bond donors (Lipinski definition) is 1.